The Bertz CT molecular complexity index is 916. The zero-order valence-corrected chi connectivity index (χ0v) is 22.1. The second kappa shape index (κ2) is 11.0. The van der Waals surface area contributed by atoms with Crippen molar-refractivity contribution < 1.29 is 14.0 Å². The van der Waals surface area contributed by atoms with Gasteiger partial charge in [-0.25, -0.2) is 0 Å². The first-order valence-electron chi connectivity index (χ1n) is 13.1. The van der Waals surface area contributed by atoms with Crippen molar-refractivity contribution >= 4 is 24.5 Å². The van der Waals surface area contributed by atoms with E-state index < -0.39 is 8.32 Å². The molecule has 0 N–H and O–H groups in total. The second-order valence-corrected chi connectivity index (χ2v) is 15.3. The van der Waals surface area contributed by atoms with Crippen LogP contribution in [0.25, 0.3) is 0 Å². The lowest BCUT2D eigenvalue weighted by Gasteiger charge is -2.43. The molecular formula is C30H40O3Si. The Balaban J connectivity index is 1.47. The fraction of sp³-hybridized carbons (Fsp3) is 0.500. The Hall–Kier alpha value is -2.17. The Labute approximate surface area is 206 Å². The molecule has 1 aliphatic heterocycles. The van der Waals surface area contributed by atoms with Gasteiger partial charge >= 0.3 is 0 Å². The summed E-state index contributed by atoms with van der Waals surface area (Å²) < 4.78 is 13.4. The molecule has 34 heavy (non-hydrogen) atoms. The maximum atomic E-state index is 12.4. The zero-order chi connectivity index (χ0) is 24.0. The summed E-state index contributed by atoms with van der Waals surface area (Å²) in [7, 11) is -2.52. The third-order valence-electron chi connectivity index (χ3n) is 7.51. The van der Waals surface area contributed by atoms with Gasteiger partial charge in [-0.3, -0.25) is 4.79 Å². The van der Waals surface area contributed by atoms with Crippen LogP contribution in [-0.2, 0) is 14.0 Å². The molecule has 3 nitrogen and oxygen atoms in total. The van der Waals surface area contributed by atoms with Crippen molar-refractivity contribution in [3.8, 4) is 0 Å². The molecule has 2 aliphatic rings. The molecule has 2 aromatic rings. The summed E-state index contributed by atoms with van der Waals surface area (Å²) in [5.74, 6) is 1.62. The summed E-state index contributed by atoms with van der Waals surface area (Å²) in [6.07, 6.45) is 10.2. The van der Waals surface area contributed by atoms with E-state index in [1.807, 2.05) is 0 Å². The molecule has 2 aromatic carbocycles. The van der Waals surface area contributed by atoms with Gasteiger partial charge in [0.05, 0.1) is 0 Å². The normalized spacial score (nSPS) is 20.0. The van der Waals surface area contributed by atoms with Gasteiger partial charge in [-0.1, -0.05) is 101 Å². The van der Waals surface area contributed by atoms with E-state index in [0.717, 1.165) is 18.6 Å². The fourth-order valence-corrected chi connectivity index (χ4v) is 10.4. The maximum absolute atomic E-state index is 12.4. The van der Waals surface area contributed by atoms with E-state index >= 15 is 0 Å². The number of carbonyl (C=O) groups excluding carboxylic acids is 1. The highest BCUT2D eigenvalue weighted by Gasteiger charge is 2.50. The van der Waals surface area contributed by atoms with Gasteiger partial charge in [0, 0.05) is 25.5 Å². The van der Waals surface area contributed by atoms with Crippen LogP contribution in [0.15, 0.2) is 72.5 Å². The third kappa shape index (κ3) is 5.55. The first-order chi connectivity index (χ1) is 16.4. The largest absolute Gasteiger partial charge is 0.494 e. The summed E-state index contributed by atoms with van der Waals surface area (Å²) in [4.78, 5) is 12.4. The molecule has 0 radical (unpaired) electrons. The standard InChI is InChI=1S/C30H40O3Si/c1-30(2,3)34(27-17-9-5-10-18-27,28-19-11-6-12-20-28)32-21-13-16-26-22-25(31)23-29(33-26)24-14-7-4-8-15-24/h5-6,9-12,17-20,22,24,29H,4,7-8,13-16,21,23H2,1-3H3. The Morgan fingerprint density at radius 3 is 2.06 bits per heavy atom. The molecule has 0 saturated heterocycles. The number of ketones is 1. The predicted octanol–water partition coefficient (Wildman–Crippen LogP) is 6.17. The van der Waals surface area contributed by atoms with Crippen molar-refractivity contribution in [2.75, 3.05) is 6.61 Å². The van der Waals surface area contributed by atoms with E-state index in [2.05, 4.69) is 81.4 Å². The summed E-state index contributed by atoms with van der Waals surface area (Å²) in [6.45, 7) is 7.56. The highest BCUT2D eigenvalue weighted by molar-refractivity contribution is 6.99. The average molecular weight is 477 g/mol. The van der Waals surface area contributed by atoms with Crippen LogP contribution < -0.4 is 10.4 Å². The van der Waals surface area contributed by atoms with Gasteiger partial charge < -0.3 is 9.16 Å². The molecule has 4 heteroatoms. The molecule has 0 bridgehead atoms. The van der Waals surface area contributed by atoms with Crippen molar-refractivity contribution in [2.45, 2.75) is 83.3 Å². The molecule has 1 saturated carbocycles. The number of allylic oxidation sites excluding steroid dienone is 2. The minimum atomic E-state index is -2.52. The van der Waals surface area contributed by atoms with Gasteiger partial charge in [0.25, 0.3) is 8.32 Å². The number of hydrogen-bond acceptors (Lipinski definition) is 3. The third-order valence-corrected chi connectivity index (χ3v) is 12.5. The van der Waals surface area contributed by atoms with Gasteiger partial charge in [-0.2, -0.15) is 0 Å². The Morgan fingerprint density at radius 1 is 0.912 bits per heavy atom. The molecule has 182 valence electrons. The molecule has 4 rings (SSSR count). The molecule has 1 unspecified atom stereocenters. The van der Waals surface area contributed by atoms with Crippen LogP contribution in [0.2, 0.25) is 5.04 Å². The number of benzene rings is 2. The molecule has 1 aliphatic carbocycles. The van der Waals surface area contributed by atoms with Gasteiger partial charge in [0.1, 0.15) is 11.9 Å². The van der Waals surface area contributed by atoms with Crippen molar-refractivity contribution in [2.24, 2.45) is 5.92 Å². The van der Waals surface area contributed by atoms with E-state index in [1.54, 1.807) is 6.08 Å². The summed E-state index contributed by atoms with van der Waals surface area (Å²) in [6, 6.07) is 21.5. The topological polar surface area (TPSA) is 35.5 Å². The van der Waals surface area contributed by atoms with E-state index in [9.17, 15) is 4.79 Å². The summed E-state index contributed by atoms with van der Waals surface area (Å²) >= 11 is 0. The van der Waals surface area contributed by atoms with Gasteiger partial charge in [-0.05, 0) is 40.6 Å². The van der Waals surface area contributed by atoms with Crippen LogP contribution in [0.4, 0.5) is 0 Å². The van der Waals surface area contributed by atoms with Crippen LogP contribution in [0.1, 0.15) is 72.1 Å². The van der Waals surface area contributed by atoms with Crippen LogP contribution in [0.3, 0.4) is 0 Å². The highest BCUT2D eigenvalue weighted by atomic mass is 28.4. The first kappa shape index (κ1) is 24.9. The van der Waals surface area contributed by atoms with Gasteiger partial charge in [0.2, 0.25) is 0 Å². The Kier molecular flexibility index (Phi) is 8.10. The van der Waals surface area contributed by atoms with Gasteiger partial charge in [0.15, 0.2) is 5.78 Å². The summed E-state index contributed by atoms with van der Waals surface area (Å²) in [5, 5.41) is 2.57. The zero-order valence-electron chi connectivity index (χ0n) is 21.1. The number of hydrogen-bond donors (Lipinski definition) is 0. The smallest absolute Gasteiger partial charge is 0.261 e. The van der Waals surface area contributed by atoms with Crippen LogP contribution in [-0.4, -0.2) is 26.8 Å². The van der Waals surface area contributed by atoms with Crippen molar-refractivity contribution in [3.05, 3.63) is 72.5 Å². The van der Waals surface area contributed by atoms with Crippen molar-refractivity contribution in [3.63, 3.8) is 0 Å². The number of rotatable bonds is 8. The molecule has 0 amide bonds. The molecule has 1 atom stereocenters. The first-order valence-corrected chi connectivity index (χ1v) is 15.0. The molecular weight excluding hydrogens is 436 g/mol. The highest BCUT2D eigenvalue weighted by Crippen LogP contribution is 2.37. The van der Waals surface area contributed by atoms with E-state index in [0.29, 0.717) is 18.9 Å². The quantitative estimate of drug-likeness (QED) is 0.338. The van der Waals surface area contributed by atoms with Crippen LogP contribution >= 0.6 is 0 Å². The lowest BCUT2D eigenvalue weighted by atomic mass is 9.83. The molecule has 0 aromatic heterocycles. The molecule has 1 fully saturated rings. The fourth-order valence-electron chi connectivity index (χ4n) is 5.84. The van der Waals surface area contributed by atoms with Gasteiger partial charge in [-0.15, -0.1) is 0 Å². The lowest BCUT2D eigenvalue weighted by Crippen LogP contribution is -2.66. The maximum Gasteiger partial charge on any atom is 0.261 e. The minimum absolute atomic E-state index is 0.0294. The monoisotopic (exact) mass is 476 g/mol. The second-order valence-electron chi connectivity index (χ2n) is 11.0. The number of ether oxygens (including phenoxy) is 1. The minimum Gasteiger partial charge on any atom is -0.494 e. The predicted molar refractivity (Wildman–Crippen MR) is 142 cm³/mol. The SMILES string of the molecule is CC(C)(C)[Si](OCCCC1=CC(=O)CC(C2CCCCC2)O1)(c1ccccc1)c1ccccc1. The average Bonchev–Trinajstić information content (AvgIpc) is 2.85. The van der Waals surface area contributed by atoms with Crippen LogP contribution in [0, 0.1) is 5.92 Å². The summed E-state index contributed by atoms with van der Waals surface area (Å²) in [5.41, 5.74) is 0. The van der Waals surface area contributed by atoms with E-state index in [4.69, 9.17) is 9.16 Å². The molecule has 0 spiro atoms. The lowest BCUT2D eigenvalue weighted by molar-refractivity contribution is -0.120. The molecule has 1 heterocycles. The Morgan fingerprint density at radius 2 is 1.50 bits per heavy atom. The number of carbonyl (C=O) groups is 1. The van der Waals surface area contributed by atoms with Crippen LogP contribution in [0.5, 0.6) is 0 Å². The van der Waals surface area contributed by atoms with E-state index in [-0.39, 0.29) is 16.9 Å². The van der Waals surface area contributed by atoms with E-state index in [1.165, 1.54) is 42.5 Å². The van der Waals surface area contributed by atoms with Crippen molar-refractivity contribution in [1.29, 1.82) is 0 Å². The van der Waals surface area contributed by atoms with Crippen molar-refractivity contribution in [1.82, 2.24) is 0 Å².